The summed E-state index contributed by atoms with van der Waals surface area (Å²) in [6.07, 6.45) is 10.1. The van der Waals surface area contributed by atoms with Crippen LogP contribution in [0.25, 0.3) is 0 Å². The summed E-state index contributed by atoms with van der Waals surface area (Å²) in [6, 6.07) is 12.4. The summed E-state index contributed by atoms with van der Waals surface area (Å²) in [5.41, 5.74) is 1.09. The summed E-state index contributed by atoms with van der Waals surface area (Å²) in [5, 5.41) is 3.28. The Morgan fingerprint density at radius 2 is 1.90 bits per heavy atom. The Kier molecular flexibility index (Phi) is 6.95. The van der Waals surface area contributed by atoms with Crippen LogP contribution in [0.3, 0.4) is 0 Å². The summed E-state index contributed by atoms with van der Waals surface area (Å²) in [4.78, 5) is 26.3. The van der Waals surface area contributed by atoms with E-state index in [-0.39, 0.29) is 5.91 Å². The number of likely N-dealkylation sites (N-methyl/N-ethyl adjacent to an activating group) is 1. The van der Waals surface area contributed by atoms with Gasteiger partial charge >= 0.3 is 0 Å². The van der Waals surface area contributed by atoms with E-state index >= 15 is 0 Å². The highest BCUT2D eigenvalue weighted by atomic mass is 16.2. The van der Waals surface area contributed by atoms with Gasteiger partial charge in [0, 0.05) is 37.4 Å². The molecule has 1 atom stereocenters. The minimum atomic E-state index is 0.265. The lowest BCUT2D eigenvalue weighted by molar-refractivity contribution is -0.134. The number of pyridine rings is 2. The molecule has 0 bridgehead atoms. The summed E-state index contributed by atoms with van der Waals surface area (Å²) in [7, 11) is 1.99. The molecule has 1 aliphatic heterocycles. The highest BCUT2D eigenvalue weighted by Gasteiger charge is 2.27. The molecule has 4 rings (SSSR count). The Labute approximate surface area is 179 Å². The molecule has 1 saturated carbocycles. The molecular weight excluding hydrogens is 374 g/mol. The molecule has 2 fully saturated rings. The maximum atomic E-state index is 12.9. The molecule has 1 aliphatic carbocycles. The van der Waals surface area contributed by atoms with Gasteiger partial charge in [0.2, 0.25) is 5.91 Å². The Hall–Kier alpha value is -2.47. The van der Waals surface area contributed by atoms with Crippen LogP contribution in [0.1, 0.15) is 56.6 Å². The smallest absolute Gasteiger partial charge is 0.236 e. The van der Waals surface area contributed by atoms with Gasteiger partial charge in [0.25, 0.3) is 0 Å². The van der Waals surface area contributed by atoms with Gasteiger partial charge in [-0.2, -0.15) is 0 Å². The number of rotatable bonds is 6. The predicted molar refractivity (Wildman–Crippen MR) is 120 cm³/mol. The van der Waals surface area contributed by atoms with Gasteiger partial charge in [0.05, 0.1) is 6.54 Å². The van der Waals surface area contributed by atoms with E-state index in [0.717, 1.165) is 56.1 Å². The first kappa shape index (κ1) is 20.8. The van der Waals surface area contributed by atoms with Crippen molar-refractivity contribution in [2.45, 2.75) is 56.9 Å². The number of hydrogen-bond donors (Lipinski definition) is 1. The highest BCUT2D eigenvalue weighted by Crippen LogP contribution is 2.27. The average Bonchev–Trinajstić information content (AvgIpc) is 2.80. The van der Waals surface area contributed by atoms with E-state index in [1.165, 1.54) is 19.3 Å². The first-order valence-corrected chi connectivity index (χ1v) is 11.3. The van der Waals surface area contributed by atoms with E-state index in [0.29, 0.717) is 18.5 Å². The van der Waals surface area contributed by atoms with E-state index in [1.807, 2.05) is 36.2 Å². The van der Waals surface area contributed by atoms with Crippen LogP contribution in [0.5, 0.6) is 0 Å². The monoisotopic (exact) mass is 407 g/mol. The van der Waals surface area contributed by atoms with Crippen LogP contribution in [0, 0.1) is 0 Å². The average molecular weight is 408 g/mol. The number of hydrogen-bond acceptors (Lipinski definition) is 5. The van der Waals surface area contributed by atoms with Gasteiger partial charge < -0.3 is 10.2 Å². The normalized spacial score (nSPS) is 20.6. The summed E-state index contributed by atoms with van der Waals surface area (Å²) in [6.45, 7) is 2.41. The molecule has 0 unspecified atom stereocenters. The fraction of sp³-hybridized carbons (Fsp3) is 0.542. The second-order valence-corrected chi connectivity index (χ2v) is 8.66. The molecule has 2 aromatic rings. The van der Waals surface area contributed by atoms with Crippen LogP contribution < -0.4 is 5.32 Å². The lowest BCUT2D eigenvalue weighted by atomic mass is 9.93. The number of carbonyl (C=O) groups is 1. The van der Waals surface area contributed by atoms with Gasteiger partial charge in [-0.25, -0.2) is 9.97 Å². The van der Waals surface area contributed by atoms with Crippen LogP contribution in [-0.2, 0) is 4.79 Å². The van der Waals surface area contributed by atoms with Crippen molar-refractivity contribution < 1.29 is 4.79 Å². The maximum Gasteiger partial charge on any atom is 0.236 e. The molecule has 6 heteroatoms. The predicted octanol–water partition coefficient (Wildman–Crippen LogP) is 4.19. The molecule has 3 heterocycles. The number of anilines is 2. The van der Waals surface area contributed by atoms with Crippen molar-refractivity contribution in [1.82, 2.24) is 19.8 Å². The second-order valence-electron chi connectivity index (χ2n) is 8.66. The molecule has 1 saturated heterocycles. The molecule has 1 amide bonds. The van der Waals surface area contributed by atoms with Crippen molar-refractivity contribution in [1.29, 1.82) is 0 Å². The zero-order valence-corrected chi connectivity index (χ0v) is 18.0. The van der Waals surface area contributed by atoms with Crippen molar-refractivity contribution in [2.75, 3.05) is 32.0 Å². The van der Waals surface area contributed by atoms with Gasteiger partial charge in [-0.1, -0.05) is 31.4 Å². The third-order valence-corrected chi connectivity index (χ3v) is 6.49. The standard InChI is InChI=1S/C24H33N5O/c1-28(20-10-3-2-4-11-20)24(30)18-29-16-8-9-19(17-29)21-12-7-14-23(26-21)27-22-13-5-6-15-25-22/h5-7,12-15,19-20H,2-4,8-11,16-18H2,1H3,(H,25,26,27)/t19-/m1/s1. The minimum absolute atomic E-state index is 0.265. The van der Waals surface area contributed by atoms with Gasteiger partial charge in [0.1, 0.15) is 11.6 Å². The number of nitrogens with one attached hydrogen (secondary N) is 1. The third-order valence-electron chi connectivity index (χ3n) is 6.49. The van der Waals surface area contributed by atoms with Crippen molar-refractivity contribution in [2.24, 2.45) is 0 Å². The second kappa shape index (κ2) is 10.0. The Morgan fingerprint density at radius 3 is 2.70 bits per heavy atom. The Balaban J connectivity index is 1.35. The summed E-state index contributed by atoms with van der Waals surface area (Å²) >= 11 is 0. The van der Waals surface area contributed by atoms with E-state index in [2.05, 4.69) is 27.3 Å². The maximum absolute atomic E-state index is 12.9. The summed E-state index contributed by atoms with van der Waals surface area (Å²) < 4.78 is 0. The van der Waals surface area contributed by atoms with Gasteiger partial charge in [-0.05, 0) is 56.5 Å². The lowest BCUT2D eigenvalue weighted by Crippen LogP contribution is -2.46. The molecule has 1 N–H and O–H groups in total. The van der Waals surface area contributed by atoms with Crippen LogP contribution >= 0.6 is 0 Å². The molecule has 160 valence electrons. The quantitative estimate of drug-likeness (QED) is 0.778. The third kappa shape index (κ3) is 5.36. The van der Waals surface area contributed by atoms with Gasteiger partial charge in [-0.15, -0.1) is 0 Å². The minimum Gasteiger partial charge on any atom is -0.342 e. The number of carbonyl (C=O) groups excluding carboxylic acids is 1. The number of aromatic nitrogens is 2. The van der Waals surface area contributed by atoms with Crippen molar-refractivity contribution in [3.05, 3.63) is 48.3 Å². The van der Waals surface area contributed by atoms with Crippen molar-refractivity contribution in [3.63, 3.8) is 0 Å². The van der Waals surface area contributed by atoms with Crippen LogP contribution in [0.2, 0.25) is 0 Å². The van der Waals surface area contributed by atoms with E-state index in [9.17, 15) is 4.79 Å². The highest BCUT2D eigenvalue weighted by molar-refractivity contribution is 5.78. The SMILES string of the molecule is CN(C(=O)CN1CCC[C@@H](c2cccc(Nc3ccccn3)n2)C1)C1CCCCC1. The summed E-state index contributed by atoms with van der Waals surface area (Å²) in [5.74, 6) is 2.23. The molecule has 0 aromatic carbocycles. The number of amides is 1. The molecule has 2 aromatic heterocycles. The first-order chi connectivity index (χ1) is 14.7. The van der Waals surface area contributed by atoms with Crippen LogP contribution in [0.15, 0.2) is 42.6 Å². The zero-order chi connectivity index (χ0) is 20.8. The van der Waals surface area contributed by atoms with Gasteiger partial charge in [0.15, 0.2) is 0 Å². The Bertz CT molecular complexity index is 821. The molecule has 0 spiro atoms. The Morgan fingerprint density at radius 1 is 1.07 bits per heavy atom. The van der Waals surface area contributed by atoms with Crippen molar-refractivity contribution in [3.8, 4) is 0 Å². The number of piperidine rings is 1. The van der Waals surface area contributed by atoms with E-state index in [4.69, 9.17) is 4.98 Å². The molecular formula is C24H33N5O. The van der Waals surface area contributed by atoms with Crippen LogP contribution in [0.4, 0.5) is 11.6 Å². The van der Waals surface area contributed by atoms with Crippen LogP contribution in [-0.4, -0.2) is 58.4 Å². The zero-order valence-electron chi connectivity index (χ0n) is 18.0. The topological polar surface area (TPSA) is 61.4 Å². The van der Waals surface area contributed by atoms with E-state index in [1.54, 1.807) is 6.20 Å². The number of likely N-dealkylation sites (tertiary alicyclic amines) is 1. The molecule has 2 aliphatic rings. The molecule has 0 radical (unpaired) electrons. The van der Waals surface area contributed by atoms with Crippen molar-refractivity contribution >= 4 is 17.5 Å². The fourth-order valence-corrected chi connectivity index (χ4v) is 4.73. The largest absolute Gasteiger partial charge is 0.342 e. The number of nitrogens with zero attached hydrogens (tertiary/aromatic N) is 4. The van der Waals surface area contributed by atoms with Gasteiger partial charge in [-0.3, -0.25) is 9.69 Å². The first-order valence-electron chi connectivity index (χ1n) is 11.3. The van der Waals surface area contributed by atoms with E-state index < -0.39 is 0 Å². The fourth-order valence-electron chi connectivity index (χ4n) is 4.73. The lowest BCUT2D eigenvalue weighted by Gasteiger charge is -2.36. The molecule has 30 heavy (non-hydrogen) atoms. The molecule has 6 nitrogen and oxygen atoms in total.